The molecule has 0 saturated carbocycles. The SMILES string of the molecule is CCCCCCc1ccc(C(=O)C(CCCCCC)S(=O)(=O)[O-])cc1.[Na+]. The first-order valence-corrected chi connectivity index (χ1v) is 10.9. The van der Waals surface area contributed by atoms with Crippen molar-refractivity contribution in [3.8, 4) is 0 Å². The fourth-order valence-corrected chi connectivity index (χ4v) is 3.79. The summed E-state index contributed by atoms with van der Waals surface area (Å²) in [7, 11) is -4.63. The zero-order chi connectivity index (χ0) is 18.7. The summed E-state index contributed by atoms with van der Waals surface area (Å²) < 4.78 is 34.5. The van der Waals surface area contributed by atoms with Gasteiger partial charge in [-0.15, -0.1) is 0 Å². The third-order valence-electron chi connectivity index (χ3n) is 4.52. The van der Waals surface area contributed by atoms with Crippen molar-refractivity contribution in [1.29, 1.82) is 0 Å². The molecule has 1 unspecified atom stereocenters. The van der Waals surface area contributed by atoms with Gasteiger partial charge in [0.25, 0.3) is 0 Å². The fraction of sp³-hybridized carbons (Fsp3) is 0.650. The summed E-state index contributed by atoms with van der Waals surface area (Å²) in [5.74, 6) is -0.566. The van der Waals surface area contributed by atoms with Gasteiger partial charge >= 0.3 is 29.6 Å². The van der Waals surface area contributed by atoms with E-state index in [0.29, 0.717) is 12.0 Å². The minimum absolute atomic E-state index is 0. The molecule has 0 aromatic heterocycles. The van der Waals surface area contributed by atoms with Crippen molar-refractivity contribution in [2.24, 2.45) is 0 Å². The Kier molecular flexibility index (Phi) is 13.8. The average molecular weight is 391 g/mol. The van der Waals surface area contributed by atoms with Crippen molar-refractivity contribution in [3.63, 3.8) is 0 Å². The van der Waals surface area contributed by atoms with Gasteiger partial charge in [-0.05, 0) is 24.8 Å². The first-order valence-electron chi connectivity index (χ1n) is 9.48. The molecule has 0 aliphatic heterocycles. The second-order valence-electron chi connectivity index (χ2n) is 6.70. The van der Waals surface area contributed by atoms with E-state index in [1.54, 1.807) is 12.1 Å². The van der Waals surface area contributed by atoms with E-state index in [2.05, 4.69) is 13.8 Å². The number of rotatable bonds is 13. The van der Waals surface area contributed by atoms with Crippen LogP contribution < -0.4 is 29.6 Å². The maximum absolute atomic E-state index is 12.5. The summed E-state index contributed by atoms with van der Waals surface area (Å²) in [5.41, 5.74) is 1.45. The van der Waals surface area contributed by atoms with Crippen LogP contribution in [0.1, 0.15) is 87.6 Å². The Morgan fingerprint density at radius 2 is 1.46 bits per heavy atom. The topological polar surface area (TPSA) is 74.3 Å². The predicted octanol–water partition coefficient (Wildman–Crippen LogP) is 1.88. The summed E-state index contributed by atoms with van der Waals surface area (Å²) in [5, 5.41) is -1.46. The molecule has 4 nitrogen and oxygen atoms in total. The summed E-state index contributed by atoms with van der Waals surface area (Å²) in [4.78, 5) is 12.5. The largest absolute Gasteiger partial charge is 1.00 e. The van der Waals surface area contributed by atoms with Gasteiger partial charge in [0.2, 0.25) is 0 Å². The van der Waals surface area contributed by atoms with E-state index in [9.17, 15) is 17.8 Å². The standard InChI is InChI=1S/C20H32O4S.Na/c1-3-5-7-9-11-17-13-15-18(16-14-17)20(21)19(25(22,23)24)12-10-8-6-4-2;/h13-16,19H,3-12H2,1-2H3,(H,22,23,24);/q;+1/p-1. The Labute approximate surface area is 181 Å². The molecule has 1 aromatic carbocycles. The number of hydrogen-bond donors (Lipinski definition) is 0. The maximum Gasteiger partial charge on any atom is 1.00 e. The fourth-order valence-electron chi connectivity index (χ4n) is 2.94. The smallest absolute Gasteiger partial charge is 0.747 e. The first-order chi connectivity index (χ1) is 11.9. The van der Waals surface area contributed by atoms with E-state index in [1.807, 2.05) is 12.1 Å². The second-order valence-corrected chi connectivity index (χ2v) is 8.26. The Morgan fingerprint density at radius 3 is 1.96 bits per heavy atom. The molecule has 142 valence electrons. The monoisotopic (exact) mass is 390 g/mol. The van der Waals surface area contributed by atoms with Crippen molar-refractivity contribution in [3.05, 3.63) is 35.4 Å². The minimum atomic E-state index is -4.63. The first kappa shape index (κ1) is 25.8. The molecule has 0 heterocycles. The van der Waals surface area contributed by atoms with E-state index in [1.165, 1.54) is 19.3 Å². The molecule has 0 spiro atoms. The van der Waals surface area contributed by atoms with E-state index in [4.69, 9.17) is 0 Å². The summed E-state index contributed by atoms with van der Waals surface area (Å²) in [6.07, 6.45) is 9.19. The maximum atomic E-state index is 12.5. The third-order valence-corrected chi connectivity index (χ3v) is 5.66. The zero-order valence-corrected chi connectivity index (χ0v) is 19.3. The van der Waals surface area contributed by atoms with E-state index in [0.717, 1.165) is 37.7 Å². The van der Waals surface area contributed by atoms with Gasteiger partial charge in [-0.3, -0.25) is 4.79 Å². The molecule has 1 aromatic rings. The van der Waals surface area contributed by atoms with Crippen molar-refractivity contribution in [2.75, 3.05) is 0 Å². The summed E-state index contributed by atoms with van der Waals surface area (Å²) >= 11 is 0. The van der Waals surface area contributed by atoms with Crippen LogP contribution in [0, 0.1) is 0 Å². The Balaban J connectivity index is 0.00000625. The summed E-state index contributed by atoms with van der Waals surface area (Å²) in [6.45, 7) is 4.22. The van der Waals surface area contributed by atoms with Crippen LogP contribution >= 0.6 is 0 Å². The Bertz CT molecular complexity index is 611. The van der Waals surface area contributed by atoms with Crippen molar-refractivity contribution in [2.45, 2.75) is 83.3 Å². The van der Waals surface area contributed by atoms with Gasteiger partial charge in [0.15, 0.2) is 5.78 Å². The van der Waals surface area contributed by atoms with E-state index in [-0.39, 0.29) is 36.0 Å². The van der Waals surface area contributed by atoms with Crippen LogP contribution in [0.15, 0.2) is 24.3 Å². The molecule has 0 amide bonds. The van der Waals surface area contributed by atoms with Crippen molar-refractivity contribution >= 4 is 15.9 Å². The number of carbonyl (C=O) groups is 1. The number of Topliss-reactive ketones (excluding diaryl/α,β-unsaturated/α-hetero) is 1. The molecular weight excluding hydrogens is 359 g/mol. The molecule has 0 radical (unpaired) electrons. The number of hydrogen-bond acceptors (Lipinski definition) is 4. The third kappa shape index (κ3) is 9.65. The van der Waals surface area contributed by atoms with Gasteiger partial charge in [0, 0.05) is 5.56 Å². The summed E-state index contributed by atoms with van der Waals surface area (Å²) in [6, 6.07) is 7.04. The van der Waals surface area contributed by atoms with Crippen LogP contribution in [0.3, 0.4) is 0 Å². The van der Waals surface area contributed by atoms with Crippen LogP contribution in [0.4, 0.5) is 0 Å². The minimum Gasteiger partial charge on any atom is -0.747 e. The molecule has 0 saturated heterocycles. The molecule has 0 aliphatic rings. The van der Waals surface area contributed by atoms with Gasteiger partial charge in [0.1, 0.15) is 15.4 Å². The van der Waals surface area contributed by atoms with Crippen LogP contribution in [0.5, 0.6) is 0 Å². The van der Waals surface area contributed by atoms with Crippen LogP contribution in [0.25, 0.3) is 0 Å². The molecule has 0 N–H and O–H groups in total. The number of carbonyl (C=O) groups excluding carboxylic acids is 1. The molecule has 26 heavy (non-hydrogen) atoms. The average Bonchev–Trinajstić information content (AvgIpc) is 2.57. The quantitative estimate of drug-likeness (QED) is 0.223. The normalized spacial score (nSPS) is 12.4. The van der Waals surface area contributed by atoms with Crippen LogP contribution in [-0.4, -0.2) is 24.0 Å². The van der Waals surface area contributed by atoms with E-state index < -0.39 is 21.2 Å². The van der Waals surface area contributed by atoms with E-state index >= 15 is 0 Å². The molecule has 0 bridgehead atoms. The molecular formula is C20H31NaO4S. The number of aryl methyl sites for hydroxylation is 1. The molecule has 1 rings (SSSR count). The van der Waals surface area contributed by atoms with Crippen LogP contribution in [-0.2, 0) is 16.5 Å². The Hall–Kier alpha value is -0.200. The number of benzene rings is 1. The van der Waals surface area contributed by atoms with Gasteiger partial charge in [-0.2, -0.15) is 0 Å². The zero-order valence-electron chi connectivity index (χ0n) is 16.5. The van der Waals surface area contributed by atoms with Gasteiger partial charge in [-0.1, -0.05) is 83.1 Å². The van der Waals surface area contributed by atoms with Gasteiger partial charge in [-0.25, -0.2) is 8.42 Å². The van der Waals surface area contributed by atoms with Gasteiger partial charge in [0.05, 0.1) is 0 Å². The van der Waals surface area contributed by atoms with Gasteiger partial charge < -0.3 is 4.55 Å². The van der Waals surface area contributed by atoms with Crippen LogP contribution in [0.2, 0.25) is 0 Å². The number of unbranched alkanes of at least 4 members (excludes halogenated alkanes) is 6. The van der Waals surface area contributed by atoms with Crippen molar-refractivity contribution < 1.29 is 47.3 Å². The molecule has 0 fully saturated rings. The Morgan fingerprint density at radius 1 is 0.923 bits per heavy atom. The predicted molar refractivity (Wildman–Crippen MR) is 101 cm³/mol. The molecule has 0 aliphatic carbocycles. The molecule has 1 atom stereocenters. The second kappa shape index (κ2) is 13.9. The molecule has 6 heteroatoms. The van der Waals surface area contributed by atoms with Crippen molar-refractivity contribution in [1.82, 2.24) is 0 Å². The number of ketones is 1.